The van der Waals surface area contributed by atoms with Crippen LogP contribution in [0.4, 0.5) is 0 Å². The number of hydrogen-bond donors (Lipinski definition) is 3. The summed E-state index contributed by atoms with van der Waals surface area (Å²) in [4.78, 5) is 11.2. The molecule has 2 unspecified atom stereocenters. The van der Waals surface area contributed by atoms with Crippen LogP contribution in [0.5, 0.6) is 0 Å². The Kier molecular flexibility index (Phi) is 5.66. The Labute approximate surface area is 101 Å². The van der Waals surface area contributed by atoms with E-state index in [1.165, 1.54) is 0 Å². The quantitative estimate of drug-likeness (QED) is 0.671. The number of aliphatic hydroxyl groups is 1. The molecule has 0 aromatic heterocycles. The van der Waals surface area contributed by atoms with Gasteiger partial charge in [0, 0.05) is 6.61 Å². The van der Waals surface area contributed by atoms with Crippen molar-refractivity contribution in [3.63, 3.8) is 0 Å². The molecule has 4 heteroatoms. The van der Waals surface area contributed by atoms with Gasteiger partial charge in [0.25, 0.3) is 0 Å². The molecular formula is C13H19NO3. The van der Waals surface area contributed by atoms with E-state index in [0.717, 1.165) is 5.56 Å². The molecule has 1 aromatic carbocycles. The minimum Gasteiger partial charge on any atom is -0.480 e. The van der Waals surface area contributed by atoms with Crippen LogP contribution in [0.25, 0.3) is 0 Å². The smallest absolute Gasteiger partial charge is 0.325 e. The third kappa shape index (κ3) is 4.54. The van der Waals surface area contributed by atoms with E-state index in [0.29, 0.717) is 13.0 Å². The first kappa shape index (κ1) is 13.7. The first-order chi connectivity index (χ1) is 8.15. The highest BCUT2D eigenvalue weighted by atomic mass is 16.4. The summed E-state index contributed by atoms with van der Waals surface area (Å²) in [6, 6.07) is 8.41. The van der Waals surface area contributed by atoms with Crippen molar-refractivity contribution in [3.05, 3.63) is 35.9 Å². The molecule has 3 N–H and O–H groups in total. The van der Waals surface area contributed by atoms with Crippen molar-refractivity contribution < 1.29 is 15.0 Å². The molecule has 0 aliphatic heterocycles. The highest BCUT2D eigenvalue weighted by molar-refractivity contribution is 5.75. The fourth-order valence-electron chi connectivity index (χ4n) is 1.63. The molecular weight excluding hydrogens is 218 g/mol. The lowest BCUT2D eigenvalue weighted by atomic mass is 10.0. The molecule has 0 fully saturated rings. The summed E-state index contributed by atoms with van der Waals surface area (Å²) >= 11 is 0. The minimum absolute atomic E-state index is 0.131. The van der Waals surface area contributed by atoms with E-state index >= 15 is 0 Å². The Hall–Kier alpha value is -1.39. The predicted octanol–water partition coefficient (Wildman–Crippen LogP) is 1.42. The van der Waals surface area contributed by atoms with Crippen molar-refractivity contribution in [2.45, 2.75) is 19.4 Å². The van der Waals surface area contributed by atoms with E-state index in [2.05, 4.69) is 5.32 Å². The van der Waals surface area contributed by atoms with Crippen LogP contribution in [-0.4, -0.2) is 29.3 Å². The van der Waals surface area contributed by atoms with E-state index < -0.39 is 12.0 Å². The molecule has 4 nitrogen and oxygen atoms in total. The molecule has 17 heavy (non-hydrogen) atoms. The first-order valence-electron chi connectivity index (χ1n) is 5.77. The van der Waals surface area contributed by atoms with Crippen molar-refractivity contribution in [3.8, 4) is 0 Å². The average Bonchev–Trinajstić information content (AvgIpc) is 2.30. The Bertz CT molecular complexity index is 340. The summed E-state index contributed by atoms with van der Waals surface area (Å²) in [5.41, 5.74) is 0.746. The molecule has 0 bridgehead atoms. The third-order valence-electron chi connectivity index (χ3n) is 2.67. The van der Waals surface area contributed by atoms with Crippen molar-refractivity contribution in [1.29, 1.82) is 0 Å². The fraction of sp³-hybridized carbons (Fsp3) is 0.462. The summed E-state index contributed by atoms with van der Waals surface area (Å²) < 4.78 is 0. The van der Waals surface area contributed by atoms with Gasteiger partial charge in [0.1, 0.15) is 6.04 Å². The van der Waals surface area contributed by atoms with Gasteiger partial charge in [-0.15, -0.1) is 0 Å². The standard InChI is InChI=1S/C13H19NO3/c1-10(7-8-15)9-14-12(13(16)17)11-5-3-2-4-6-11/h2-6,10,12,14-15H,7-9H2,1H3,(H,16,17). The maximum absolute atomic E-state index is 11.2. The third-order valence-corrected chi connectivity index (χ3v) is 2.67. The number of aliphatic carboxylic acids is 1. The van der Waals surface area contributed by atoms with Crippen LogP contribution in [0.1, 0.15) is 24.9 Å². The van der Waals surface area contributed by atoms with Crippen LogP contribution in [-0.2, 0) is 4.79 Å². The Morgan fingerprint density at radius 2 is 2.00 bits per heavy atom. The molecule has 2 atom stereocenters. The SMILES string of the molecule is CC(CCO)CNC(C(=O)O)c1ccccc1. The van der Waals surface area contributed by atoms with Gasteiger partial charge in [-0.05, 0) is 24.4 Å². The second-order valence-electron chi connectivity index (χ2n) is 4.21. The lowest BCUT2D eigenvalue weighted by Crippen LogP contribution is -2.32. The Balaban J connectivity index is 2.59. The van der Waals surface area contributed by atoms with Gasteiger partial charge in [0.15, 0.2) is 0 Å². The van der Waals surface area contributed by atoms with Crippen LogP contribution >= 0.6 is 0 Å². The van der Waals surface area contributed by atoms with Gasteiger partial charge >= 0.3 is 5.97 Å². The highest BCUT2D eigenvalue weighted by Gasteiger charge is 2.19. The largest absolute Gasteiger partial charge is 0.480 e. The average molecular weight is 237 g/mol. The van der Waals surface area contributed by atoms with E-state index in [1.54, 1.807) is 12.1 Å². The topological polar surface area (TPSA) is 69.6 Å². The van der Waals surface area contributed by atoms with Crippen molar-refractivity contribution >= 4 is 5.97 Å². The number of nitrogens with one attached hydrogen (secondary N) is 1. The fourth-order valence-corrected chi connectivity index (χ4v) is 1.63. The van der Waals surface area contributed by atoms with Crippen LogP contribution in [0.2, 0.25) is 0 Å². The number of carboxylic acid groups (broad SMARTS) is 1. The monoisotopic (exact) mass is 237 g/mol. The number of hydrogen-bond acceptors (Lipinski definition) is 3. The molecule has 0 heterocycles. The van der Waals surface area contributed by atoms with E-state index in [4.69, 9.17) is 10.2 Å². The summed E-state index contributed by atoms with van der Waals surface area (Å²) in [6.45, 7) is 2.69. The molecule has 0 aliphatic carbocycles. The molecule has 94 valence electrons. The van der Waals surface area contributed by atoms with Crippen LogP contribution in [0, 0.1) is 5.92 Å². The van der Waals surface area contributed by atoms with Crippen molar-refractivity contribution in [2.75, 3.05) is 13.2 Å². The number of benzene rings is 1. The number of carboxylic acids is 1. The van der Waals surface area contributed by atoms with Gasteiger partial charge in [-0.25, -0.2) is 0 Å². The number of carbonyl (C=O) groups is 1. The Morgan fingerprint density at radius 3 is 2.53 bits per heavy atom. The van der Waals surface area contributed by atoms with Gasteiger partial charge < -0.3 is 15.5 Å². The van der Waals surface area contributed by atoms with Crippen LogP contribution in [0.3, 0.4) is 0 Å². The molecule has 0 radical (unpaired) electrons. The lowest BCUT2D eigenvalue weighted by Gasteiger charge is -2.17. The maximum atomic E-state index is 11.2. The molecule has 0 amide bonds. The van der Waals surface area contributed by atoms with E-state index in [9.17, 15) is 4.79 Å². The van der Waals surface area contributed by atoms with Crippen LogP contribution in [0.15, 0.2) is 30.3 Å². The number of rotatable bonds is 7. The van der Waals surface area contributed by atoms with Crippen LogP contribution < -0.4 is 5.32 Å². The van der Waals surface area contributed by atoms with Crippen molar-refractivity contribution in [1.82, 2.24) is 5.32 Å². The second kappa shape index (κ2) is 7.04. The minimum atomic E-state index is -0.882. The second-order valence-corrected chi connectivity index (χ2v) is 4.21. The predicted molar refractivity (Wildman–Crippen MR) is 65.7 cm³/mol. The Morgan fingerprint density at radius 1 is 1.35 bits per heavy atom. The van der Waals surface area contributed by atoms with Gasteiger partial charge in [0.2, 0.25) is 0 Å². The molecule has 1 rings (SSSR count). The highest BCUT2D eigenvalue weighted by Crippen LogP contribution is 2.13. The zero-order valence-corrected chi connectivity index (χ0v) is 9.97. The normalized spacial score (nSPS) is 14.2. The molecule has 0 spiro atoms. The van der Waals surface area contributed by atoms with Crippen molar-refractivity contribution in [2.24, 2.45) is 5.92 Å². The molecule has 0 aliphatic rings. The molecule has 0 saturated carbocycles. The van der Waals surface area contributed by atoms with Gasteiger partial charge in [-0.2, -0.15) is 0 Å². The first-order valence-corrected chi connectivity index (χ1v) is 5.77. The summed E-state index contributed by atoms with van der Waals surface area (Å²) in [5.74, 6) is -0.627. The van der Waals surface area contributed by atoms with Gasteiger partial charge in [-0.1, -0.05) is 37.3 Å². The summed E-state index contributed by atoms with van der Waals surface area (Å²) in [5, 5.41) is 21.0. The summed E-state index contributed by atoms with van der Waals surface area (Å²) in [6.07, 6.45) is 0.675. The number of aliphatic hydroxyl groups excluding tert-OH is 1. The lowest BCUT2D eigenvalue weighted by molar-refractivity contribution is -0.139. The van der Waals surface area contributed by atoms with Gasteiger partial charge in [0.05, 0.1) is 0 Å². The molecule has 1 aromatic rings. The maximum Gasteiger partial charge on any atom is 0.325 e. The summed E-state index contributed by atoms with van der Waals surface area (Å²) in [7, 11) is 0. The van der Waals surface area contributed by atoms with Gasteiger partial charge in [-0.3, -0.25) is 4.79 Å². The molecule has 0 saturated heterocycles. The zero-order chi connectivity index (χ0) is 12.7. The van der Waals surface area contributed by atoms with E-state index in [1.807, 2.05) is 25.1 Å². The zero-order valence-electron chi connectivity index (χ0n) is 9.97. The van der Waals surface area contributed by atoms with E-state index in [-0.39, 0.29) is 12.5 Å².